The van der Waals surface area contributed by atoms with Crippen LogP contribution in [0.15, 0.2) is 41.7 Å². The van der Waals surface area contributed by atoms with E-state index in [0.717, 1.165) is 23.5 Å². The van der Waals surface area contributed by atoms with Gasteiger partial charge in [-0.3, -0.25) is 14.8 Å². The summed E-state index contributed by atoms with van der Waals surface area (Å²) in [5.41, 5.74) is 2.73. The number of rotatable bonds is 8. The zero-order chi connectivity index (χ0) is 21.3. The molecule has 0 bridgehead atoms. The lowest BCUT2D eigenvalue weighted by Crippen LogP contribution is -2.41. The van der Waals surface area contributed by atoms with Crippen LogP contribution in [0, 0.1) is 0 Å². The number of amides is 1. The smallest absolute Gasteiger partial charge is 0.252 e. The second kappa shape index (κ2) is 10.5. The first-order valence-corrected chi connectivity index (χ1v) is 10.2. The van der Waals surface area contributed by atoms with E-state index >= 15 is 0 Å². The molecule has 0 saturated heterocycles. The molecule has 1 unspecified atom stereocenters. The maximum atomic E-state index is 12.0. The fraction of sp³-hybridized carbons (Fsp3) is 0.409. The van der Waals surface area contributed by atoms with Crippen molar-refractivity contribution >= 4 is 11.9 Å². The van der Waals surface area contributed by atoms with Crippen LogP contribution >= 0.6 is 0 Å². The summed E-state index contributed by atoms with van der Waals surface area (Å²) in [4.78, 5) is 20.2. The fourth-order valence-corrected chi connectivity index (χ4v) is 3.27. The monoisotopic (exact) mass is 411 g/mol. The van der Waals surface area contributed by atoms with Crippen molar-refractivity contribution in [1.82, 2.24) is 20.9 Å². The van der Waals surface area contributed by atoms with Crippen molar-refractivity contribution in [1.29, 1.82) is 0 Å². The second-order valence-corrected chi connectivity index (χ2v) is 6.98. The molecule has 3 N–H and O–H groups in total. The van der Waals surface area contributed by atoms with E-state index in [1.807, 2.05) is 13.0 Å². The average Bonchev–Trinajstić information content (AvgIpc) is 3.12. The maximum absolute atomic E-state index is 12.0. The fourth-order valence-electron chi connectivity index (χ4n) is 3.27. The standard InChI is InChI=1S/C22H29N5O3/c1-4-29-19-11-17-10-15(2)30-20(17)12-18(19)14-27-22(23-3)26-9-8-25-21(28)16-6-5-7-24-13-16/h5-7,11-13,15H,4,8-10,14H2,1-3H3,(H,25,28)(H2,23,26,27). The Morgan fingerprint density at radius 3 is 2.87 bits per heavy atom. The van der Waals surface area contributed by atoms with Gasteiger partial charge in [-0.1, -0.05) is 0 Å². The van der Waals surface area contributed by atoms with Gasteiger partial charge in [0, 0.05) is 56.6 Å². The van der Waals surface area contributed by atoms with Crippen molar-refractivity contribution in [2.45, 2.75) is 32.9 Å². The van der Waals surface area contributed by atoms with Gasteiger partial charge in [-0.25, -0.2) is 0 Å². The Bertz CT molecular complexity index is 886. The number of aliphatic imine (C=N–C) groups is 1. The third-order valence-corrected chi connectivity index (χ3v) is 4.68. The van der Waals surface area contributed by atoms with E-state index in [2.05, 4.69) is 38.9 Å². The molecule has 160 valence electrons. The summed E-state index contributed by atoms with van der Waals surface area (Å²) in [6, 6.07) is 7.58. The van der Waals surface area contributed by atoms with Crippen LogP contribution in [0.4, 0.5) is 0 Å². The maximum Gasteiger partial charge on any atom is 0.252 e. The topological polar surface area (TPSA) is 96.9 Å². The molecule has 30 heavy (non-hydrogen) atoms. The Kier molecular flexibility index (Phi) is 7.48. The van der Waals surface area contributed by atoms with E-state index in [1.54, 1.807) is 31.6 Å². The lowest BCUT2D eigenvalue weighted by atomic mass is 10.1. The molecule has 8 heteroatoms. The van der Waals surface area contributed by atoms with Gasteiger partial charge in [0.2, 0.25) is 0 Å². The molecule has 0 fully saturated rings. The van der Waals surface area contributed by atoms with Gasteiger partial charge in [0.05, 0.1) is 12.2 Å². The average molecular weight is 412 g/mol. The first kappa shape index (κ1) is 21.4. The molecule has 2 aromatic rings. The Hall–Kier alpha value is -3.29. The highest BCUT2D eigenvalue weighted by Gasteiger charge is 2.21. The first-order chi connectivity index (χ1) is 14.6. The molecule has 0 spiro atoms. The van der Waals surface area contributed by atoms with E-state index in [-0.39, 0.29) is 12.0 Å². The van der Waals surface area contributed by atoms with Crippen LogP contribution in [0.3, 0.4) is 0 Å². The molecule has 0 aliphatic carbocycles. The number of pyridine rings is 1. The highest BCUT2D eigenvalue weighted by Crippen LogP contribution is 2.35. The number of nitrogens with one attached hydrogen (secondary N) is 3. The lowest BCUT2D eigenvalue weighted by Gasteiger charge is -2.16. The summed E-state index contributed by atoms with van der Waals surface area (Å²) >= 11 is 0. The largest absolute Gasteiger partial charge is 0.494 e. The zero-order valence-electron chi connectivity index (χ0n) is 17.7. The molecule has 8 nitrogen and oxygen atoms in total. The molecular weight excluding hydrogens is 382 g/mol. The van der Waals surface area contributed by atoms with Crippen molar-refractivity contribution < 1.29 is 14.3 Å². The van der Waals surface area contributed by atoms with E-state index < -0.39 is 0 Å². The van der Waals surface area contributed by atoms with Gasteiger partial charge in [-0.2, -0.15) is 0 Å². The van der Waals surface area contributed by atoms with Gasteiger partial charge >= 0.3 is 0 Å². The summed E-state index contributed by atoms with van der Waals surface area (Å²) in [7, 11) is 1.71. The van der Waals surface area contributed by atoms with E-state index in [4.69, 9.17) is 9.47 Å². The van der Waals surface area contributed by atoms with Crippen LogP contribution in [-0.2, 0) is 13.0 Å². The van der Waals surface area contributed by atoms with E-state index in [9.17, 15) is 4.79 Å². The van der Waals surface area contributed by atoms with Gasteiger partial charge < -0.3 is 25.4 Å². The van der Waals surface area contributed by atoms with Gasteiger partial charge in [0.1, 0.15) is 17.6 Å². The van der Waals surface area contributed by atoms with Crippen LogP contribution < -0.4 is 25.4 Å². The highest BCUT2D eigenvalue weighted by molar-refractivity contribution is 5.93. The van der Waals surface area contributed by atoms with Gasteiger partial charge in [0.25, 0.3) is 5.91 Å². The van der Waals surface area contributed by atoms with Crippen molar-refractivity contribution in [2.75, 3.05) is 26.7 Å². The minimum Gasteiger partial charge on any atom is -0.494 e. The number of hydrogen-bond donors (Lipinski definition) is 3. The van der Waals surface area contributed by atoms with Crippen molar-refractivity contribution in [3.05, 3.63) is 53.3 Å². The zero-order valence-corrected chi connectivity index (χ0v) is 17.7. The number of carbonyl (C=O) groups is 1. The number of hydrogen-bond acceptors (Lipinski definition) is 5. The minimum absolute atomic E-state index is 0.151. The number of aromatic nitrogens is 1. The van der Waals surface area contributed by atoms with Crippen LogP contribution in [0.5, 0.6) is 11.5 Å². The van der Waals surface area contributed by atoms with Crippen molar-refractivity contribution in [3.8, 4) is 11.5 Å². The summed E-state index contributed by atoms with van der Waals surface area (Å²) in [5.74, 6) is 2.27. The summed E-state index contributed by atoms with van der Waals surface area (Å²) in [6.07, 6.45) is 4.27. The lowest BCUT2D eigenvalue weighted by molar-refractivity contribution is 0.0954. The second-order valence-electron chi connectivity index (χ2n) is 6.98. The number of guanidine groups is 1. The molecule has 1 amide bonds. The Morgan fingerprint density at radius 1 is 1.30 bits per heavy atom. The molecule has 2 heterocycles. The summed E-state index contributed by atoms with van der Waals surface area (Å²) in [5, 5.41) is 9.33. The predicted octanol–water partition coefficient (Wildman–Crippen LogP) is 1.90. The third kappa shape index (κ3) is 5.62. The van der Waals surface area contributed by atoms with E-state index in [0.29, 0.717) is 37.8 Å². The Labute approximate surface area is 177 Å². The van der Waals surface area contributed by atoms with Gasteiger partial charge in [0.15, 0.2) is 5.96 Å². The molecule has 3 rings (SSSR count). The highest BCUT2D eigenvalue weighted by atomic mass is 16.5. The number of fused-ring (bicyclic) bond motifs is 1. The normalized spacial score (nSPS) is 15.2. The quantitative estimate of drug-likeness (QED) is 0.349. The predicted molar refractivity (Wildman–Crippen MR) is 116 cm³/mol. The Morgan fingerprint density at radius 2 is 2.13 bits per heavy atom. The van der Waals surface area contributed by atoms with Crippen molar-refractivity contribution in [3.63, 3.8) is 0 Å². The number of carbonyl (C=O) groups excluding carboxylic acids is 1. The number of nitrogens with zero attached hydrogens (tertiary/aromatic N) is 2. The number of ether oxygens (including phenoxy) is 2. The number of benzene rings is 1. The molecule has 0 radical (unpaired) electrons. The summed E-state index contributed by atoms with van der Waals surface area (Å²) < 4.78 is 11.7. The Balaban J connectivity index is 1.49. The first-order valence-electron chi connectivity index (χ1n) is 10.2. The SMILES string of the molecule is CCOc1cc2c(cc1CNC(=NC)NCCNC(=O)c1cccnc1)OC(C)C2. The summed E-state index contributed by atoms with van der Waals surface area (Å²) in [6.45, 7) is 6.19. The molecule has 1 aromatic carbocycles. The molecule has 1 aromatic heterocycles. The van der Waals surface area contributed by atoms with Crippen LogP contribution in [0.25, 0.3) is 0 Å². The molecule has 1 atom stereocenters. The van der Waals surface area contributed by atoms with Crippen LogP contribution in [0.1, 0.15) is 35.3 Å². The molecule has 1 aliphatic heterocycles. The molecule has 1 aliphatic rings. The third-order valence-electron chi connectivity index (χ3n) is 4.68. The van der Waals surface area contributed by atoms with E-state index in [1.165, 1.54) is 5.56 Å². The van der Waals surface area contributed by atoms with Crippen LogP contribution in [0.2, 0.25) is 0 Å². The minimum atomic E-state index is -0.151. The van der Waals surface area contributed by atoms with Crippen molar-refractivity contribution in [2.24, 2.45) is 4.99 Å². The molecule has 0 saturated carbocycles. The van der Waals surface area contributed by atoms with Crippen LogP contribution in [-0.4, -0.2) is 49.7 Å². The van der Waals surface area contributed by atoms with Gasteiger partial charge in [-0.05, 0) is 38.1 Å². The molecular formula is C22H29N5O3. The van der Waals surface area contributed by atoms with Gasteiger partial charge in [-0.15, -0.1) is 0 Å².